The van der Waals surface area contributed by atoms with Crippen molar-refractivity contribution < 1.29 is 18.7 Å². The van der Waals surface area contributed by atoms with Crippen molar-refractivity contribution in [1.82, 2.24) is 10.6 Å². The number of benzene rings is 1. The van der Waals surface area contributed by atoms with E-state index in [0.29, 0.717) is 17.8 Å². The first-order valence-corrected chi connectivity index (χ1v) is 8.68. The van der Waals surface area contributed by atoms with Gasteiger partial charge in [-0.25, -0.2) is 0 Å². The summed E-state index contributed by atoms with van der Waals surface area (Å²) >= 11 is 5.10. The fourth-order valence-electron chi connectivity index (χ4n) is 2.55. The van der Waals surface area contributed by atoms with Crippen LogP contribution >= 0.6 is 12.2 Å². The fraction of sp³-hybridized carbons (Fsp3) is 0.278. The van der Waals surface area contributed by atoms with Gasteiger partial charge in [-0.15, -0.1) is 0 Å². The van der Waals surface area contributed by atoms with Gasteiger partial charge in [0.25, 0.3) is 11.8 Å². The summed E-state index contributed by atoms with van der Waals surface area (Å²) in [4.78, 5) is 24.0. The van der Waals surface area contributed by atoms with E-state index in [1.165, 1.54) is 6.26 Å². The van der Waals surface area contributed by atoms with Crippen LogP contribution in [-0.2, 0) is 4.74 Å². The van der Waals surface area contributed by atoms with Crippen molar-refractivity contribution in [3.8, 4) is 0 Å². The summed E-state index contributed by atoms with van der Waals surface area (Å²) in [6, 6.07) is 9.96. The van der Waals surface area contributed by atoms with Gasteiger partial charge in [-0.2, -0.15) is 0 Å². The SMILES string of the molecule is O=C(NC[C@H]1CCCO1)c1ccc(NC(=S)NC(=O)c2ccco2)cc1. The molecule has 1 aliphatic rings. The summed E-state index contributed by atoms with van der Waals surface area (Å²) < 4.78 is 10.5. The molecule has 1 atom stereocenters. The van der Waals surface area contributed by atoms with Gasteiger partial charge < -0.3 is 19.8 Å². The van der Waals surface area contributed by atoms with E-state index < -0.39 is 5.91 Å². The van der Waals surface area contributed by atoms with Gasteiger partial charge in [0, 0.05) is 24.4 Å². The molecular weight excluding hydrogens is 354 g/mol. The lowest BCUT2D eigenvalue weighted by Crippen LogP contribution is -2.34. The number of nitrogens with one attached hydrogen (secondary N) is 3. The summed E-state index contributed by atoms with van der Waals surface area (Å²) in [5.41, 5.74) is 1.20. The highest BCUT2D eigenvalue weighted by Crippen LogP contribution is 2.12. The lowest BCUT2D eigenvalue weighted by atomic mass is 10.2. The minimum atomic E-state index is -0.433. The Kier molecular flexibility index (Phi) is 5.98. The molecule has 0 saturated carbocycles. The molecule has 1 saturated heterocycles. The Hall–Kier alpha value is -2.71. The summed E-state index contributed by atoms with van der Waals surface area (Å²) in [7, 11) is 0. The zero-order chi connectivity index (χ0) is 18.4. The van der Waals surface area contributed by atoms with Crippen LogP contribution in [0.1, 0.15) is 33.8 Å². The van der Waals surface area contributed by atoms with E-state index in [4.69, 9.17) is 21.4 Å². The van der Waals surface area contributed by atoms with Crippen molar-refractivity contribution in [3.05, 3.63) is 54.0 Å². The number of furan rings is 1. The highest BCUT2D eigenvalue weighted by Gasteiger charge is 2.16. The molecule has 136 valence electrons. The molecule has 0 aliphatic carbocycles. The number of rotatable bonds is 5. The fourth-order valence-corrected chi connectivity index (χ4v) is 2.76. The first-order chi connectivity index (χ1) is 12.6. The third-order valence-corrected chi connectivity index (χ3v) is 4.10. The first-order valence-electron chi connectivity index (χ1n) is 8.27. The molecule has 2 aromatic rings. The predicted molar refractivity (Wildman–Crippen MR) is 100 cm³/mol. The van der Waals surface area contributed by atoms with Crippen molar-refractivity contribution >= 4 is 34.8 Å². The smallest absolute Gasteiger partial charge is 0.293 e. The summed E-state index contributed by atoms with van der Waals surface area (Å²) in [6.07, 6.45) is 3.53. The lowest BCUT2D eigenvalue weighted by Gasteiger charge is -2.12. The number of amides is 2. The number of carbonyl (C=O) groups is 2. The maximum atomic E-state index is 12.1. The molecule has 1 aromatic heterocycles. The van der Waals surface area contributed by atoms with Crippen molar-refractivity contribution in [3.63, 3.8) is 0 Å². The van der Waals surface area contributed by atoms with Gasteiger partial charge in [0.15, 0.2) is 10.9 Å². The van der Waals surface area contributed by atoms with E-state index in [2.05, 4.69) is 16.0 Å². The second-order valence-corrected chi connectivity index (χ2v) is 6.22. The highest BCUT2D eigenvalue weighted by molar-refractivity contribution is 7.80. The van der Waals surface area contributed by atoms with Gasteiger partial charge in [-0.05, 0) is 61.5 Å². The van der Waals surface area contributed by atoms with Gasteiger partial charge in [-0.1, -0.05) is 0 Å². The van der Waals surface area contributed by atoms with Crippen LogP contribution < -0.4 is 16.0 Å². The zero-order valence-electron chi connectivity index (χ0n) is 14.0. The van der Waals surface area contributed by atoms with Crippen molar-refractivity contribution in [1.29, 1.82) is 0 Å². The quantitative estimate of drug-likeness (QED) is 0.697. The van der Waals surface area contributed by atoms with Gasteiger partial charge in [0.1, 0.15) is 0 Å². The minimum Gasteiger partial charge on any atom is -0.459 e. The van der Waals surface area contributed by atoms with Crippen molar-refractivity contribution in [2.24, 2.45) is 0 Å². The second kappa shape index (κ2) is 8.59. The maximum Gasteiger partial charge on any atom is 0.293 e. The summed E-state index contributed by atoms with van der Waals surface area (Å²) in [5, 5.41) is 8.40. The Bertz CT molecular complexity index is 768. The third kappa shape index (κ3) is 4.90. The predicted octanol–water partition coefficient (Wildman–Crippen LogP) is 2.32. The lowest BCUT2D eigenvalue weighted by molar-refractivity contribution is 0.0857. The maximum absolute atomic E-state index is 12.1. The van der Waals surface area contributed by atoms with Gasteiger partial charge >= 0.3 is 0 Å². The van der Waals surface area contributed by atoms with Crippen molar-refractivity contribution in [2.45, 2.75) is 18.9 Å². The molecule has 3 N–H and O–H groups in total. The molecule has 0 spiro atoms. The highest BCUT2D eigenvalue weighted by atomic mass is 32.1. The Morgan fingerprint density at radius 1 is 1.15 bits per heavy atom. The van der Waals surface area contributed by atoms with Crippen LogP contribution in [0, 0.1) is 0 Å². The van der Waals surface area contributed by atoms with Gasteiger partial charge in [0.2, 0.25) is 0 Å². The Morgan fingerprint density at radius 2 is 1.96 bits per heavy atom. The Labute approximate surface area is 156 Å². The minimum absolute atomic E-state index is 0.107. The molecule has 26 heavy (non-hydrogen) atoms. The van der Waals surface area contributed by atoms with Crippen LogP contribution in [0.15, 0.2) is 47.1 Å². The molecule has 0 unspecified atom stereocenters. The van der Waals surface area contributed by atoms with Crippen LogP contribution in [-0.4, -0.2) is 36.2 Å². The molecule has 1 aromatic carbocycles. The standard InChI is InChI=1S/C18H19N3O4S/c22-16(19-11-14-3-1-9-24-14)12-5-7-13(8-6-12)20-18(26)21-17(23)15-4-2-10-25-15/h2,4-8,10,14H,1,3,9,11H2,(H,19,22)(H2,20,21,23,26)/t14-/m1/s1. The molecule has 0 radical (unpaired) electrons. The third-order valence-electron chi connectivity index (χ3n) is 3.89. The zero-order valence-corrected chi connectivity index (χ0v) is 14.8. The number of hydrogen-bond acceptors (Lipinski definition) is 5. The molecule has 3 rings (SSSR count). The first kappa shape index (κ1) is 18.1. The molecule has 1 fully saturated rings. The average molecular weight is 373 g/mol. The van der Waals surface area contributed by atoms with Crippen LogP contribution in [0.5, 0.6) is 0 Å². The molecule has 0 bridgehead atoms. The second-order valence-electron chi connectivity index (χ2n) is 5.81. The van der Waals surface area contributed by atoms with Crippen molar-refractivity contribution in [2.75, 3.05) is 18.5 Å². The van der Waals surface area contributed by atoms with Gasteiger partial charge in [-0.3, -0.25) is 14.9 Å². The molecule has 8 heteroatoms. The van der Waals surface area contributed by atoms with Crippen LogP contribution in [0.2, 0.25) is 0 Å². The van der Waals surface area contributed by atoms with E-state index in [1.54, 1.807) is 36.4 Å². The molecule has 2 amide bonds. The topological polar surface area (TPSA) is 92.6 Å². The number of carbonyl (C=O) groups excluding carboxylic acids is 2. The molecule has 7 nitrogen and oxygen atoms in total. The Morgan fingerprint density at radius 3 is 2.62 bits per heavy atom. The number of ether oxygens (including phenoxy) is 1. The molecule has 1 aliphatic heterocycles. The van der Waals surface area contributed by atoms with E-state index in [9.17, 15) is 9.59 Å². The largest absolute Gasteiger partial charge is 0.459 e. The molecular formula is C18H19N3O4S. The number of thiocarbonyl (C=S) groups is 1. The summed E-state index contributed by atoms with van der Waals surface area (Å²) in [6.45, 7) is 1.28. The molecule has 2 heterocycles. The number of anilines is 1. The van der Waals surface area contributed by atoms with Crippen LogP contribution in [0.4, 0.5) is 5.69 Å². The van der Waals surface area contributed by atoms with Crippen LogP contribution in [0.25, 0.3) is 0 Å². The van der Waals surface area contributed by atoms with E-state index in [1.807, 2.05) is 0 Å². The van der Waals surface area contributed by atoms with E-state index in [-0.39, 0.29) is 22.9 Å². The van der Waals surface area contributed by atoms with E-state index >= 15 is 0 Å². The normalized spacial score (nSPS) is 16.1. The Balaban J connectivity index is 1.48. The van der Waals surface area contributed by atoms with E-state index in [0.717, 1.165) is 19.4 Å². The average Bonchev–Trinajstić information content (AvgIpc) is 3.34. The summed E-state index contributed by atoms with van der Waals surface area (Å²) in [5.74, 6) is -0.411. The van der Waals surface area contributed by atoms with Gasteiger partial charge in [0.05, 0.1) is 12.4 Å². The monoisotopic (exact) mass is 373 g/mol. The van der Waals surface area contributed by atoms with Crippen LogP contribution in [0.3, 0.4) is 0 Å². The number of hydrogen-bond donors (Lipinski definition) is 3.